The highest BCUT2D eigenvalue weighted by Crippen LogP contribution is 2.11. The van der Waals surface area contributed by atoms with E-state index in [-0.39, 0.29) is 6.04 Å². The highest BCUT2D eigenvalue weighted by atomic mass is 15.4. The van der Waals surface area contributed by atoms with Gasteiger partial charge in [-0.2, -0.15) is 0 Å². The van der Waals surface area contributed by atoms with Crippen LogP contribution in [0.2, 0.25) is 0 Å². The molecule has 0 saturated heterocycles. The Bertz CT molecular complexity index is 448. The van der Waals surface area contributed by atoms with Gasteiger partial charge in [0.2, 0.25) is 0 Å². The zero-order valence-corrected chi connectivity index (χ0v) is 8.77. The summed E-state index contributed by atoms with van der Waals surface area (Å²) in [6, 6.07) is 7.35. The molecule has 0 saturated carbocycles. The van der Waals surface area contributed by atoms with E-state index in [0.29, 0.717) is 11.4 Å². The number of nitrogen functional groups attached to an aromatic ring is 1. The van der Waals surface area contributed by atoms with Crippen LogP contribution in [-0.4, -0.2) is 11.8 Å². The van der Waals surface area contributed by atoms with Gasteiger partial charge in [0.15, 0.2) is 0 Å². The molecule has 0 aliphatic heterocycles. The maximum Gasteiger partial charge on any atom is 0.0858 e. The van der Waals surface area contributed by atoms with Crippen molar-refractivity contribution in [3.63, 3.8) is 0 Å². The molecule has 1 unspecified atom stereocenters. The number of hydrogen-bond acceptors (Lipinski definition) is 4. The fourth-order valence-corrected chi connectivity index (χ4v) is 1.45. The molecule has 5 N–H and O–H groups in total. The Morgan fingerprint density at radius 3 is 2.88 bits per heavy atom. The Hall–Kier alpha value is -2.07. The van der Waals surface area contributed by atoms with Crippen LogP contribution >= 0.6 is 0 Å². The van der Waals surface area contributed by atoms with Crippen molar-refractivity contribution in [2.45, 2.75) is 6.04 Å². The average Bonchev–Trinajstić information content (AvgIpc) is 2.28. The molecule has 0 bridgehead atoms. The average molecular weight is 214 g/mol. The maximum atomic E-state index is 7.69. The van der Waals surface area contributed by atoms with Crippen LogP contribution in [0.3, 0.4) is 0 Å². The predicted octanol–water partition coefficient (Wildman–Crippen LogP) is 1.70. The molecule has 0 aromatic heterocycles. The van der Waals surface area contributed by atoms with Crippen molar-refractivity contribution in [3.8, 4) is 0 Å². The van der Waals surface area contributed by atoms with Crippen molar-refractivity contribution in [1.82, 2.24) is 5.43 Å². The van der Waals surface area contributed by atoms with Crippen molar-refractivity contribution in [2.75, 3.05) is 11.2 Å². The lowest BCUT2D eigenvalue weighted by atomic mass is 10.1. The van der Waals surface area contributed by atoms with Gasteiger partial charge in [0.05, 0.1) is 17.4 Å². The van der Waals surface area contributed by atoms with E-state index in [0.717, 1.165) is 5.69 Å². The second-order valence-electron chi connectivity index (χ2n) is 3.57. The minimum atomic E-state index is -0.105. The summed E-state index contributed by atoms with van der Waals surface area (Å²) in [7, 11) is 0. The van der Waals surface area contributed by atoms with Gasteiger partial charge in [-0.25, -0.2) is 5.43 Å². The third-order valence-corrected chi connectivity index (χ3v) is 2.28. The lowest BCUT2D eigenvalue weighted by Crippen LogP contribution is -2.38. The van der Waals surface area contributed by atoms with Crippen LogP contribution in [0.15, 0.2) is 48.6 Å². The number of hydrogen-bond donors (Lipinski definition) is 4. The van der Waals surface area contributed by atoms with Crippen LogP contribution in [0.4, 0.5) is 11.4 Å². The quantitative estimate of drug-likeness (QED) is 0.457. The van der Waals surface area contributed by atoms with E-state index in [9.17, 15) is 0 Å². The summed E-state index contributed by atoms with van der Waals surface area (Å²) in [5.41, 5.74) is 13.9. The standard InChI is InChI=1S/C12H14N4/c13-9-4-3-5-10(8-9)15-16-12-7-2-1-6-11(12)14/h1-8,12,14-16H,13H2. The third kappa shape index (κ3) is 2.49. The van der Waals surface area contributed by atoms with Gasteiger partial charge in [-0.15, -0.1) is 0 Å². The van der Waals surface area contributed by atoms with Crippen LogP contribution in [0.25, 0.3) is 0 Å². The molecule has 82 valence electrons. The fourth-order valence-electron chi connectivity index (χ4n) is 1.45. The Balaban J connectivity index is 1.95. The van der Waals surface area contributed by atoms with Crippen molar-refractivity contribution in [2.24, 2.45) is 0 Å². The summed E-state index contributed by atoms with van der Waals surface area (Å²) < 4.78 is 0. The fraction of sp³-hybridized carbons (Fsp3) is 0.0833. The number of allylic oxidation sites excluding steroid dienone is 2. The smallest absolute Gasteiger partial charge is 0.0858 e. The Labute approximate surface area is 94.3 Å². The van der Waals surface area contributed by atoms with E-state index in [1.54, 1.807) is 6.08 Å². The molecule has 0 radical (unpaired) electrons. The minimum Gasteiger partial charge on any atom is -0.399 e. The number of nitrogens with one attached hydrogen (secondary N) is 3. The summed E-state index contributed by atoms with van der Waals surface area (Å²) in [5.74, 6) is 0. The zero-order valence-electron chi connectivity index (χ0n) is 8.77. The number of benzene rings is 1. The summed E-state index contributed by atoms with van der Waals surface area (Å²) >= 11 is 0. The zero-order chi connectivity index (χ0) is 11.4. The Kier molecular flexibility index (Phi) is 3.03. The predicted molar refractivity (Wildman–Crippen MR) is 67.4 cm³/mol. The van der Waals surface area contributed by atoms with Gasteiger partial charge >= 0.3 is 0 Å². The lowest BCUT2D eigenvalue weighted by molar-refractivity contribution is 0.803. The molecule has 1 aromatic carbocycles. The Morgan fingerprint density at radius 1 is 1.25 bits per heavy atom. The molecule has 0 amide bonds. The molecule has 4 nitrogen and oxygen atoms in total. The van der Waals surface area contributed by atoms with Gasteiger partial charge in [0.25, 0.3) is 0 Å². The van der Waals surface area contributed by atoms with E-state index in [1.165, 1.54) is 0 Å². The van der Waals surface area contributed by atoms with Crippen molar-refractivity contribution >= 4 is 17.1 Å². The molecule has 4 heteroatoms. The van der Waals surface area contributed by atoms with Crippen LogP contribution in [0.5, 0.6) is 0 Å². The summed E-state index contributed by atoms with van der Waals surface area (Å²) in [6.45, 7) is 0. The second-order valence-corrected chi connectivity index (χ2v) is 3.57. The molecule has 0 fully saturated rings. The molecule has 1 aliphatic rings. The number of hydrazine groups is 1. The van der Waals surface area contributed by atoms with Crippen LogP contribution < -0.4 is 16.6 Å². The summed E-state index contributed by atoms with van der Waals surface area (Å²) in [5, 5.41) is 7.69. The third-order valence-electron chi connectivity index (χ3n) is 2.28. The highest BCUT2D eigenvalue weighted by Gasteiger charge is 2.09. The van der Waals surface area contributed by atoms with E-state index in [4.69, 9.17) is 11.1 Å². The van der Waals surface area contributed by atoms with E-state index in [1.807, 2.05) is 42.5 Å². The largest absolute Gasteiger partial charge is 0.399 e. The number of anilines is 2. The molecular weight excluding hydrogens is 200 g/mol. The van der Waals surface area contributed by atoms with Gasteiger partial charge in [-0.05, 0) is 24.3 Å². The summed E-state index contributed by atoms with van der Waals surface area (Å²) in [4.78, 5) is 0. The summed E-state index contributed by atoms with van der Waals surface area (Å²) in [6.07, 6.45) is 7.44. The monoisotopic (exact) mass is 214 g/mol. The molecule has 0 heterocycles. The molecule has 16 heavy (non-hydrogen) atoms. The Morgan fingerprint density at radius 2 is 2.12 bits per heavy atom. The van der Waals surface area contributed by atoms with Crippen molar-refractivity contribution < 1.29 is 0 Å². The van der Waals surface area contributed by atoms with Crippen LogP contribution in [0, 0.1) is 5.41 Å². The normalized spacial score (nSPS) is 18.8. The highest BCUT2D eigenvalue weighted by molar-refractivity contribution is 5.99. The minimum absolute atomic E-state index is 0.105. The van der Waals surface area contributed by atoms with Gasteiger partial charge in [0, 0.05) is 5.69 Å². The first-order valence-corrected chi connectivity index (χ1v) is 5.06. The van der Waals surface area contributed by atoms with Crippen molar-refractivity contribution in [3.05, 3.63) is 48.6 Å². The first-order valence-electron chi connectivity index (χ1n) is 5.06. The number of rotatable bonds is 3. The molecule has 0 spiro atoms. The van der Waals surface area contributed by atoms with Crippen LogP contribution in [0.1, 0.15) is 0 Å². The van der Waals surface area contributed by atoms with Gasteiger partial charge in [0.1, 0.15) is 0 Å². The lowest BCUT2D eigenvalue weighted by Gasteiger charge is -2.17. The van der Waals surface area contributed by atoms with E-state index in [2.05, 4.69) is 10.9 Å². The first kappa shape index (κ1) is 10.4. The van der Waals surface area contributed by atoms with Crippen LogP contribution in [-0.2, 0) is 0 Å². The molecule has 1 aliphatic carbocycles. The van der Waals surface area contributed by atoms with Gasteiger partial charge in [-0.1, -0.05) is 24.3 Å². The molecular formula is C12H14N4. The van der Waals surface area contributed by atoms with E-state index < -0.39 is 0 Å². The SMILES string of the molecule is N=C1C=CC=CC1NNc1cccc(N)c1. The molecule has 2 rings (SSSR count). The first-order chi connectivity index (χ1) is 7.75. The second kappa shape index (κ2) is 4.63. The molecule has 1 atom stereocenters. The van der Waals surface area contributed by atoms with E-state index >= 15 is 0 Å². The number of nitrogens with two attached hydrogens (primary N) is 1. The molecule has 1 aromatic rings. The van der Waals surface area contributed by atoms with Gasteiger partial charge < -0.3 is 16.6 Å². The maximum absolute atomic E-state index is 7.69. The van der Waals surface area contributed by atoms with Gasteiger partial charge in [-0.3, -0.25) is 0 Å². The topological polar surface area (TPSA) is 73.9 Å². The van der Waals surface area contributed by atoms with Crippen molar-refractivity contribution in [1.29, 1.82) is 5.41 Å².